The van der Waals surface area contributed by atoms with Crippen LogP contribution in [0.25, 0.3) is 0 Å². The molecule has 0 unspecified atom stereocenters. The molecule has 0 aliphatic rings. The summed E-state index contributed by atoms with van der Waals surface area (Å²) < 4.78 is 5.69. The van der Waals surface area contributed by atoms with Crippen LogP contribution in [-0.2, 0) is 5.41 Å². The van der Waals surface area contributed by atoms with Gasteiger partial charge in [0, 0.05) is 11.5 Å². The van der Waals surface area contributed by atoms with Gasteiger partial charge < -0.3 is 9.84 Å². The molecule has 0 aliphatic carbocycles. The number of ether oxygens (including phenoxy) is 1. The third-order valence-corrected chi connectivity index (χ3v) is 3.06. The van der Waals surface area contributed by atoms with Gasteiger partial charge in [0.2, 0.25) is 5.88 Å². The van der Waals surface area contributed by atoms with Crippen LogP contribution in [0.5, 0.6) is 11.6 Å². The van der Waals surface area contributed by atoms with Crippen LogP contribution in [0.4, 0.5) is 0 Å². The van der Waals surface area contributed by atoms with Gasteiger partial charge in [0.1, 0.15) is 5.75 Å². The lowest BCUT2D eigenvalue weighted by Gasteiger charge is -2.19. The van der Waals surface area contributed by atoms with Gasteiger partial charge >= 0.3 is 5.97 Å². The van der Waals surface area contributed by atoms with Gasteiger partial charge in [-0.15, -0.1) is 0 Å². The van der Waals surface area contributed by atoms with E-state index in [1.165, 1.54) is 6.07 Å². The van der Waals surface area contributed by atoms with E-state index in [4.69, 9.17) is 4.74 Å². The Balaban J connectivity index is 2.40. The summed E-state index contributed by atoms with van der Waals surface area (Å²) in [6.45, 7) is 7.94. The summed E-state index contributed by atoms with van der Waals surface area (Å²) in [5.74, 6) is -0.0594. The van der Waals surface area contributed by atoms with Crippen molar-refractivity contribution in [3.8, 4) is 11.6 Å². The molecule has 2 aromatic rings. The standard InChI is InChI=1S/C17H19NO3/c1-11-5-7-13(8-6-11)21-15-10-12(16(19)20)9-14(18-15)17(2,3)4/h5-10H,1-4H3,(H,19,20). The molecule has 0 aliphatic heterocycles. The van der Waals surface area contributed by atoms with Crippen LogP contribution in [0.1, 0.15) is 42.4 Å². The molecule has 0 atom stereocenters. The van der Waals surface area contributed by atoms with E-state index in [1.54, 1.807) is 6.07 Å². The molecule has 0 saturated heterocycles. The van der Waals surface area contributed by atoms with Crippen molar-refractivity contribution in [2.75, 3.05) is 0 Å². The van der Waals surface area contributed by atoms with Crippen LogP contribution in [0.3, 0.4) is 0 Å². The van der Waals surface area contributed by atoms with E-state index < -0.39 is 5.97 Å². The minimum atomic E-state index is -0.989. The van der Waals surface area contributed by atoms with Crippen molar-refractivity contribution in [1.29, 1.82) is 0 Å². The number of aromatic carboxylic acids is 1. The minimum absolute atomic E-state index is 0.178. The molecule has 0 bridgehead atoms. The number of nitrogens with zero attached hydrogens (tertiary/aromatic N) is 1. The van der Waals surface area contributed by atoms with Gasteiger partial charge in [0.15, 0.2) is 0 Å². The first-order valence-corrected chi connectivity index (χ1v) is 6.76. The van der Waals surface area contributed by atoms with Crippen molar-refractivity contribution in [3.63, 3.8) is 0 Å². The predicted molar refractivity (Wildman–Crippen MR) is 81.1 cm³/mol. The Labute approximate surface area is 124 Å². The molecule has 4 heteroatoms. The van der Waals surface area contributed by atoms with Crippen LogP contribution in [0.15, 0.2) is 36.4 Å². The number of aromatic nitrogens is 1. The van der Waals surface area contributed by atoms with Gasteiger partial charge in [-0.2, -0.15) is 0 Å². The number of hydrogen-bond donors (Lipinski definition) is 1. The van der Waals surface area contributed by atoms with Gasteiger partial charge in [-0.3, -0.25) is 0 Å². The zero-order chi connectivity index (χ0) is 15.6. The Morgan fingerprint density at radius 2 is 1.76 bits per heavy atom. The highest BCUT2D eigenvalue weighted by atomic mass is 16.5. The van der Waals surface area contributed by atoms with Crippen LogP contribution in [-0.4, -0.2) is 16.1 Å². The zero-order valence-corrected chi connectivity index (χ0v) is 12.7. The molecule has 0 spiro atoms. The average molecular weight is 285 g/mol. The Morgan fingerprint density at radius 1 is 1.14 bits per heavy atom. The van der Waals surface area contributed by atoms with Crippen LogP contribution in [0, 0.1) is 6.92 Å². The first-order chi connectivity index (χ1) is 9.75. The first kappa shape index (κ1) is 15.0. The summed E-state index contributed by atoms with van der Waals surface area (Å²) in [5.41, 5.74) is 1.74. The van der Waals surface area contributed by atoms with E-state index in [-0.39, 0.29) is 11.0 Å². The van der Waals surface area contributed by atoms with Crippen molar-refractivity contribution in [2.24, 2.45) is 0 Å². The lowest BCUT2D eigenvalue weighted by molar-refractivity contribution is 0.0696. The van der Waals surface area contributed by atoms with Crippen LogP contribution < -0.4 is 4.74 Å². The molecule has 2 rings (SSSR count). The zero-order valence-electron chi connectivity index (χ0n) is 12.7. The van der Waals surface area contributed by atoms with Gasteiger partial charge in [-0.05, 0) is 25.1 Å². The van der Waals surface area contributed by atoms with Crippen molar-refractivity contribution >= 4 is 5.97 Å². The largest absolute Gasteiger partial charge is 0.478 e. The van der Waals surface area contributed by atoms with Crippen molar-refractivity contribution in [2.45, 2.75) is 33.1 Å². The molecule has 0 amide bonds. The van der Waals surface area contributed by atoms with Gasteiger partial charge in [0.25, 0.3) is 0 Å². The Morgan fingerprint density at radius 3 is 2.29 bits per heavy atom. The topological polar surface area (TPSA) is 59.4 Å². The lowest BCUT2D eigenvalue weighted by Crippen LogP contribution is -2.15. The average Bonchev–Trinajstić information content (AvgIpc) is 2.40. The van der Waals surface area contributed by atoms with E-state index in [0.717, 1.165) is 5.56 Å². The van der Waals surface area contributed by atoms with Gasteiger partial charge in [0.05, 0.1) is 11.3 Å². The fraction of sp³-hybridized carbons (Fsp3) is 0.294. The maximum absolute atomic E-state index is 11.2. The number of carboxylic acid groups (broad SMARTS) is 1. The summed E-state index contributed by atoms with van der Waals surface area (Å²) in [5, 5.41) is 9.22. The Hall–Kier alpha value is -2.36. The van der Waals surface area contributed by atoms with Crippen molar-refractivity contribution < 1.29 is 14.6 Å². The van der Waals surface area contributed by atoms with E-state index in [0.29, 0.717) is 17.3 Å². The molecule has 0 fully saturated rings. The minimum Gasteiger partial charge on any atom is -0.478 e. The summed E-state index contributed by atoms with van der Waals surface area (Å²) in [7, 11) is 0. The number of pyridine rings is 1. The second kappa shape index (κ2) is 5.56. The second-order valence-electron chi connectivity index (χ2n) is 6.05. The Bertz CT molecular complexity index is 655. The summed E-state index contributed by atoms with van der Waals surface area (Å²) in [6.07, 6.45) is 0. The third-order valence-electron chi connectivity index (χ3n) is 3.06. The number of benzene rings is 1. The molecule has 1 aromatic carbocycles. The summed E-state index contributed by atoms with van der Waals surface area (Å²) in [4.78, 5) is 15.7. The number of aryl methyl sites for hydroxylation is 1. The molecule has 4 nitrogen and oxygen atoms in total. The lowest BCUT2D eigenvalue weighted by atomic mass is 9.91. The SMILES string of the molecule is Cc1ccc(Oc2cc(C(=O)O)cc(C(C)(C)C)n2)cc1. The highest BCUT2D eigenvalue weighted by Gasteiger charge is 2.19. The molecule has 21 heavy (non-hydrogen) atoms. The smallest absolute Gasteiger partial charge is 0.335 e. The molecule has 110 valence electrons. The molecular weight excluding hydrogens is 266 g/mol. The number of hydrogen-bond acceptors (Lipinski definition) is 3. The maximum atomic E-state index is 11.2. The highest BCUT2D eigenvalue weighted by Crippen LogP contribution is 2.27. The van der Waals surface area contributed by atoms with Crippen LogP contribution >= 0.6 is 0 Å². The molecule has 1 N–H and O–H groups in total. The summed E-state index contributed by atoms with van der Waals surface area (Å²) >= 11 is 0. The van der Waals surface area contributed by atoms with E-state index in [2.05, 4.69) is 4.98 Å². The monoisotopic (exact) mass is 285 g/mol. The normalized spacial score (nSPS) is 11.2. The number of carbonyl (C=O) groups is 1. The highest BCUT2D eigenvalue weighted by molar-refractivity contribution is 5.88. The third kappa shape index (κ3) is 3.81. The fourth-order valence-electron chi connectivity index (χ4n) is 1.79. The van der Waals surface area contributed by atoms with Crippen molar-refractivity contribution in [1.82, 2.24) is 4.98 Å². The Kier molecular flexibility index (Phi) is 3.98. The molecule has 1 heterocycles. The number of rotatable bonds is 3. The van der Waals surface area contributed by atoms with Gasteiger partial charge in [-0.1, -0.05) is 38.5 Å². The molecule has 0 saturated carbocycles. The maximum Gasteiger partial charge on any atom is 0.335 e. The predicted octanol–water partition coefficient (Wildman–Crippen LogP) is 4.18. The van der Waals surface area contributed by atoms with Gasteiger partial charge in [-0.25, -0.2) is 9.78 Å². The fourth-order valence-corrected chi connectivity index (χ4v) is 1.79. The van der Waals surface area contributed by atoms with Crippen LogP contribution in [0.2, 0.25) is 0 Å². The first-order valence-electron chi connectivity index (χ1n) is 6.76. The quantitative estimate of drug-likeness (QED) is 0.919. The second-order valence-corrected chi connectivity index (χ2v) is 6.05. The van der Waals surface area contributed by atoms with Crippen molar-refractivity contribution in [3.05, 3.63) is 53.2 Å². The molecular formula is C17H19NO3. The van der Waals surface area contributed by atoms with E-state index >= 15 is 0 Å². The van der Waals surface area contributed by atoms with E-state index in [1.807, 2.05) is 52.0 Å². The summed E-state index contributed by atoms with van der Waals surface area (Å²) in [6, 6.07) is 10.6. The molecule has 1 aromatic heterocycles. The van der Waals surface area contributed by atoms with E-state index in [9.17, 15) is 9.90 Å². The number of carboxylic acids is 1. The molecule has 0 radical (unpaired) electrons.